The van der Waals surface area contributed by atoms with Gasteiger partial charge in [-0.3, -0.25) is 14.8 Å². The fraction of sp³-hybridized carbons (Fsp3) is 0.231. The fourth-order valence-electron chi connectivity index (χ4n) is 4.38. The Morgan fingerprint density at radius 2 is 1.87 bits per heavy atom. The first-order chi connectivity index (χ1) is 14.7. The molecular weight excluding hydrogens is 370 g/mol. The van der Waals surface area contributed by atoms with Crippen LogP contribution in [-0.2, 0) is 24.2 Å². The molecule has 0 N–H and O–H groups in total. The molecule has 1 saturated carbocycles. The maximum atomic E-state index is 12.8. The summed E-state index contributed by atoms with van der Waals surface area (Å²) in [6, 6.07) is 18.4. The van der Waals surface area contributed by atoms with Crippen LogP contribution in [0.2, 0.25) is 0 Å². The summed E-state index contributed by atoms with van der Waals surface area (Å²) in [6.07, 6.45) is 5.39. The second-order valence-electron chi connectivity index (χ2n) is 8.37. The number of Topliss-reactive ketones (excluding diaryl/α,β-unsaturated/α-hetero) is 1. The van der Waals surface area contributed by atoms with Crippen LogP contribution in [0.5, 0.6) is 0 Å². The van der Waals surface area contributed by atoms with Gasteiger partial charge < -0.3 is 0 Å². The van der Waals surface area contributed by atoms with E-state index in [4.69, 9.17) is 9.98 Å². The summed E-state index contributed by atoms with van der Waals surface area (Å²) < 4.78 is 0. The van der Waals surface area contributed by atoms with Crippen LogP contribution in [0.4, 0.5) is 5.69 Å². The van der Waals surface area contributed by atoms with Crippen LogP contribution < -0.4 is 0 Å². The van der Waals surface area contributed by atoms with Gasteiger partial charge in [-0.05, 0) is 47.7 Å². The first-order valence-corrected chi connectivity index (χ1v) is 10.6. The first-order valence-electron chi connectivity index (χ1n) is 10.6. The van der Waals surface area contributed by atoms with Gasteiger partial charge in [0.2, 0.25) is 0 Å². The van der Waals surface area contributed by atoms with E-state index in [0.29, 0.717) is 31.0 Å². The Bertz CT molecular complexity index is 1240. The lowest BCUT2D eigenvalue weighted by atomic mass is 9.95. The number of benzene rings is 2. The summed E-state index contributed by atoms with van der Waals surface area (Å²) >= 11 is 0. The van der Waals surface area contributed by atoms with E-state index in [0.717, 1.165) is 33.7 Å². The molecule has 4 heteroatoms. The van der Waals surface area contributed by atoms with Crippen LogP contribution in [0.3, 0.4) is 0 Å². The lowest BCUT2D eigenvalue weighted by Gasteiger charge is -2.08. The smallest absolute Gasteiger partial charge is 0.181 e. The highest BCUT2D eigenvalue weighted by Gasteiger charge is 2.28. The number of hydrogen-bond donors (Lipinski definition) is 0. The minimum atomic E-state index is 0.106. The highest BCUT2D eigenvalue weighted by Crippen LogP contribution is 2.40. The van der Waals surface area contributed by atoms with E-state index < -0.39 is 0 Å². The molecule has 0 bridgehead atoms. The van der Waals surface area contributed by atoms with E-state index >= 15 is 0 Å². The molecule has 1 fully saturated rings. The molecule has 30 heavy (non-hydrogen) atoms. The van der Waals surface area contributed by atoms with Crippen molar-refractivity contribution in [2.24, 2.45) is 9.98 Å². The minimum Gasteiger partial charge on any atom is -0.292 e. The third kappa shape index (κ3) is 3.09. The number of ketones is 1. The number of rotatable bonds is 5. The maximum Gasteiger partial charge on any atom is 0.181 e. The topological polar surface area (TPSA) is 54.7 Å². The lowest BCUT2D eigenvalue weighted by Crippen LogP contribution is -2.16. The second-order valence-corrected chi connectivity index (χ2v) is 8.37. The van der Waals surface area contributed by atoms with Crippen molar-refractivity contribution in [3.8, 4) is 0 Å². The summed E-state index contributed by atoms with van der Waals surface area (Å²) in [4.78, 5) is 26.8. The van der Waals surface area contributed by atoms with E-state index in [9.17, 15) is 4.79 Å². The van der Waals surface area contributed by atoms with Crippen molar-refractivity contribution in [2.45, 2.75) is 38.1 Å². The van der Waals surface area contributed by atoms with E-state index in [1.807, 2.05) is 42.6 Å². The molecule has 0 saturated heterocycles. The van der Waals surface area contributed by atoms with Crippen molar-refractivity contribution in [2.75, 3.05) is 0 Å². The fourth-order valence-corrected chi connectivity index (χ4v) is 4.38. The van der Waals surface area contributed by atoms with Crippen molar-refractivity contribution < 1.29 is 4.79 Å². The van der Waals surface area contributed by atoms with Gasteiger partial charge in [-0.15, -0.1) is 0 Å². The van der Waals surface area contributed by atoms with Crippen molar-refractivity contribution in [3.63, 3.8) is 0 Å². The third-order valence-corrected chi connectivity index (χ3v) is 6.16. The van der Waals surface area contributed by atoms with Gasteiger partial charge in [0.15, 0.2) is 5.78 Å². The number of hydrogen-bond acceptors (Lipinski definition) is 4. The van der Waals surface area contributed by atoms with Gasteiger partial charge in [-0.1, -0.05) is 36.4 Å². The Labute approximate surface area is 175 Å². The normalized spacial score (nSPS) is 16.7. The Balaban J connectivity index is 1.29. The van der Waals surface area contributed by atoms with Crippen LogP contribution >= 0.6 is 0 Å². The predicted octanol–water partition coefficient (Wildman–Crippen LogP) is 4.75. The maximum absolute atomic E-state index is 12.8. The molecule has 146 valence electrons. The number of nitrogens with zero attached hydrogens (tertiary/aromatic N) is 3. The summed E-state index contributed by atoms with van der Waals surface area (Å²) in [5, 5.41) is 0. The van der Waals surface area contributed by atoms with Crippen LogP contribution in [0.15, 0.2) is 70.8 Å². The van der Waals surface area contributed by atoms with Gasteiger partial charge in [-0.2, -0.15) is 0 Å². The summed E-state index contributed by atoms with van der Waals surface area (Å²) in [5.41, 5.74) is 9.44. The number of carbonyl (C=O) groups is 1. The van der Waals surface area contributed by atoms with Crippen molar-refractivity contribution in [1.29, 1.82) is 0 Å². The van der Waals surface area contributed by atoms with Crippen LogP contribution in [-0.4, -0.2) is 22.2 Å². The van der Waals surface area contributed by atoms with Crippen LogP contribution in [0.25, 0.3) is 0 Å². The molecular formula is C26H21N3O. The Morgan fingerprint density at radius 3 is 2.70 bits per heavy atom. The van der Waals surface area contributed by atoms with Crippen molar-refractivity contribution in [1.82, 2.24) is 4.98 Å². The van der Waals surface area contributed by atoms with Gasteiger partial charge >= 0.3 is 0 Å². The molecule has 1 aromatic heterocycles. The van der Waals surface area contributed by atoms with E-state index in [1.165, 1.54) is 24.1 Å². The summed E-state index contributed by atoms with van der Waals surface area (Å²) in [7, 11) is 0. The Kier molecular flexibility index (Phi) is 3.98. The molecule has 6 rings (SSSR count). The van der Waals surface area contributed by atoms with E-state index in [-0.39, 0.29) is 5.78 Å². The Hall–Kier alpha value is -3.40. The van der Waals surface area contributed by atoms with Crippen LogP contribution in [0, 0.1) is 0 Å². The molecule has 0 spiro atoms. The highest BCUT2D eigenvalue weighted by atomic mass is 16.1. The number of aliphatic imine (C=N–C) groups is 2. The minimum absolute atomic E-state index is 0.106. The van der Waals surface area contributed by atoms with Crippen molar-refractivity contribution >= 4 is 22.9 Å². The standard InChI is InChI=1S/C26H21N3O/c30-25(10-16-4-2-1-3-5-16)24-13-19-11-20-15-28-26(21(20)14-23(19)29-24)18-8-9-27-22(12-18)17-6-7-17/h1-5,8-9,11-12,14,17H,6-7,10,13,15H2. The zero-order valence-corrected chi connectivity index (χ0v) is 16.6. The molecule has 1 aliphatic carbocycles. The average Bonchev–Trinajstić information content (AvgIpc) is 3.42. The summed E-state index contributed by atoms with van der Waals surface area (Å²) in [5.74, 6) is 0.726. The number of fused-ring (bicyclic) bond motifs is 2. The molecule has 3 heterocycles. The van der Waals surface area contributed by atoms with Gasteiger partial charge in [-0.25, -0.2) is 4.99 Å². The molecule has 4 nitrogen and oxygen atoms in total. The van der Waals surface area contributed by atoms with Gasteiger partial charge in [0.05, 0.1) is 23.7 Å². The molecule has 0 atom stereocenters. The van der Waals surface area contributed by atoms with E-state index in [1.54, 1.807) is 0 Å². The SMILES string of the molecule is O=C(Cc1ccccc1)C1=Nc2cc3c(cc2C1)CN=C3c1ccnc(C2CC2)c1. The molecule has 0 unspecified atom stereocenters. The molecule has 3 aliphatic rings. The highest BCUT2D eigenvalue weighted by molar-refractivity contribution is 6.42. The first kappa shape index (κ1) is 17.5. The second kappa shape index (κ2) is 6.84. The molecule has 3 aromatic rings. The molecule has 2 aliphatic heterocycles. The van der Waals surface area contributed by atoms with Crippen LogP contribution in [0.1, 0.15) is 52.3 Å². The van der Waals surface area contributed by atoms with Gasteiger partial charge in [0.25, 0.3) is 0 Å². The number of carbonyl (C=O) groups excluding carboxylic acids is 1. The quantitative estimate of drug-likeness (QED) is 0.630. The predicted molar refractivity (Wildman–Crippen MR) is 118 cm³/mol. The molecule has 2 aromatic carbocycles. The average molecular weight is 391 g/mol. The molecule has 0 amide bonds. The van der Waals surface area contributed by atoms with E-state index in [2.05, 4.69) is 23.2 Å². The monoisotopic (exact) mass is 391 g/mol. The largest absolute Gasteiger partial charge is 0.292 e. The van der Waals surface area contributed by atoms with Gasteiger partial charge in [0.1, 0.15) is 0 Å². The lowest BCUT2D eigenvalue weighted by molar-refractivity contribution is -0.112. The summed E-state index contributed by atoms with van der Waals surface area (Å²) in [6.45, 7) is 0.687. The zero-order valence-electron chi connectivity index (χ0n) is 16.6. The Morgan fingerprint density at radius 1 is 1.00 bits per heavy atom. The third-order valence-electron chi connectivity index (χ3n) is 6.16. The number of aromatic nitrogens is 1. The van der Waals surface area contributed by atoms with Crippen molar-refractivity contribution in [3.05, 3.63) is 94.3 Å². The molecule has 0 radical (unpaired) electrons. The number of pyridine rings is 1. The van der Waals surface area contributed by atoms with Gasteiger partial charge in [0, 0.05) is 41.8 Å². The zero-order chi connectivity index (χ0) is 20.1.